The van der Waals surface area contributed by atoms with Crippen molar-refractivity contribution in [2.45, 2.75) is 19.6 Å². The van der Waals surface area contributed by atoms with Crippen LogP contribution in [0.4, 0.5) is 0 Å². The van der Waals surface area contributed by atoms with Gasteiger partial charge in [0.15, 0.2) is 0 Å². The molecule has 7 heteroatoms. The third-order valence-corrected chi connectivity index (χ3v) is 4.96. The van der Waals surface area contributed by atoms with Crippen molar-refractivity contribution in [3.8, 4) is 5.75 Å². The van der Waals surface area contributed by atoms with Crippen LogP contribution in [-0.2, 0) is 13.6 Å². The van der Waals surface area contributed by atoms with Gasteiger partial charge in [-0.25, -0.2) is 0 Å². The van der Waals surface area contributed by atoms with Gasteiger partial charge in [0.05, 0.1) is 13.2 Å². The van der Waals surface area contributed by atoms with Gasteiger partial charge in [0.1, 0.15) is 11.5 Å². The quantitative estimate of drug-likeness (QED) is 0.777. The number of hydrogen-bond acceptors (Lipinski definition) is 5. The van der Waals surface area contributed by atoms with Gasteiger partial charge in [-0.15, -0.1) is 0 Å². The summed E-state index contributed by atoms with van der Waals surface area (Å²) >= 11 is 3.27. The number of nitrogens with two attached hydrogens (primary N) is 1. The molecule has 1 atom stereocenters. The van der Waals surface area contributed by atoms with Crippen molar-refractivity contribution < 1.29 is 18.7 Å². The van der Waals surface area contributed by atoms with E-state index in [1.807, 2.05) is 0 Å². The van der Waals surface area contributed by atoms with E-state index in [4.69, 9.17) is 14.8 Å². The number of hydrogen-bond donors (Lipinski definition) is 2. The summed E-state index contributed by atoms with van der Waals surface area (Å²) in [4.78, 5) is 0. The molecule has 5 nitrogen and oxygen atoms in total. The lowest BCUT2D eigenvalue weighted by molar-refractivity contribution is 0.212. The number of halogens is 1. The first-order chi connectivity index (χ1) is 8.44. The summed E-state index contributed by atoms with van der Waals surface area (Å²) in [7, 11) is -3.48. The summed E-state index contributed by atoms with van der Waals surface area (Å²) in [5.74, 6) is -1.06. The van der Waals surface area contributed by atoms with Crippen molar-refractivity contribution >= 4 is 23.5 Å². The minimum atomic E-state index is -3.48. The Bertz CT molecular complexity index is 445. The molecule has 0 unspecified atom stereocenters. The second-order valence-electron chi connectivity index (χ2n) is 3.52. The molecule has 0 radical (unpaired) electrons. The molecule has 0 bridgehead atoms. The van der Waals surface area contributed by atoms with Crippen molar-refractivity contribution in [3.05, 3.63) is 28.2 Å². The molecule has 3 N–H and O–H groups in total. The fourth-order valence-corrected chi connectivity index (χ4v) is 3.53. The lowest BCUT2D eigenvalue weighted by Gasteiger charge is -2.24. The second kappa shape index (κ2) is 6.68. The summed E-state index contributed by atoms with van der Waals surface area (Å²) in [5, 5.41) is 9.77. The molecule has 1 aromatic carbocycles. The predicted molar refractivity (Wildman–Crippen MR) is 73.6 cm³/mol. The fraction of sp³-hybridized carbons (Fsp3) is 0.455. The summed E-state index contributed by atoms with van der Waals surface area (Å²) in [6.45, 7) is 3.86. The molecule has 0 saturated carbocycles. The monoisotopic (exact) mass is 337 g/mol. The lowest BCUT2D eigenvalue weighted by atomic mass is 10.2. The number of phenols is 1. The van der Waals surface area contributed by atoms with Gasteiger partial charge in [-0.1, -0.05) is 15.9 Å². The maximum atomic E-state index is 12.5. The van der Waals surface area contributed by atoms with E-state index < -0.39 is 13.4 Å². The van der Waals surface area contributed by atoms with E-state index in [0.29, 0.717) is 5.56 Å². The van der Waals surface area contributed by atoms with Gasteiger partial charge in [-0.2, -0.15) is 0 Å². The van der Waals surface area contributed by atoms with Crippen LogP contribution in [0.1, 0.15) is 25.2 Å². The molecule has 18 heavy (non-hydrogen) atoms. The fourth-order valence-electron chi connectivity index (χ4n) is 1.49. The number of rotatable bonds is 6. The number of aromatic hydroxyl groups is 1. The van der Waals surface area contributed by atoms with E-state index in [0.717, 1.165) is 4.47 Å². The molecule has 0 heterocycles. The summed E-state index contributed by atoms with van der Waals surface area (Å²) in [6.07, 6.45) is 0. The molecule has 0 amide bonds. The zero-order valence-electron chi connectivity index (χ0n) is 10.3. The van der Waals surface area contributed by atoms with Crippen LogP contribution < -0.4 is 5.73 Å². The Morgan fingerprint density at radius 1 is 1.39 bits per heavy atom. The molecule has 1 aromatic rings. The molecular formula is C11H17BrNO4P. The molecule has 0 aliphatic heterocycles. The van der Waals surface area contributed by atoms with Gasteiger partial charge in [-0.3, -0.25) is 4.57 Å². The largest absolute Gasteiger partial charge is 0.508 e. The molecule has 0 saturated heterocycles. The van der Waals surface area contributed by atoms with Crippen molar-refractivity contribution in [2.75, 3.05) is 13.2 Å². The van der Waals surface area contributed by atoms with Gasteiger partial charge in [0.2, 0.25) is 0 Å². The third kappa shape index (κ3) is 3.56. The van der Waals surface area contributed by atoms with Crippen LogP contribution >= 0.6 is 23.5 Å². The van der Waals surface area contributed by atoms with Crippen LogP contribution in [0.15, 0.2) is 22.7 Å². The average molecular weight is 338 g/mol. The van der Waals surface area contributed by atoms with E-state index >= 15 is 0 Å². The van der Waals surface area contributed by atoms with E-state index in [-0.39, 0.29) is 19.0 Å². The standard InChI is InChI=1S/C11H17BrNO4P/c1-3-16-18(15,17-4-2)11(13)9-7-8(12)5-6-10(9)14/h5-7,11,14H,3-4,13H2,1-2H3/t11-/m0/s1. The molecule has 1 rings (SSSR count). The first kappa shape index (κ1) is 15.7. The number of phenolic OH excluding ortho intramolecular Hbond substituents is 1. The van der Waals surface area contributed by atoms with Gasteiger partial charge in [0, 0.05) is 10.0 Å². The van der Waals surface area contributed by atoms with E-state index in [1.165, 1.54) is 6.07 Å². The van der Waals surface area contributed by atoms with Gasteiger partial charge >= 0.3 is 7.60 Å². The van der Waals surface area contributed by atoms with Crippen LogP contribution in [0, 0.1) is 0 Å². The highest BCUT2D eigenvalue weighted by atomic mass is 79.9. The highest BCUT2D eigenvalue weighted by molar-refractivity contribution is 9.10. The Morgan fingerprint density at radius 3 is 2.44 bits per heavy atom. The molecule has 0 aliphatic rings. The van der Waals surface area contributed by atoms with Gasteiger partial charge in [-0.05, 0) is 32.0 Å². The van der Waals surface area contributed by atoms with Crippen LogP contribution in [0.5, 0.6) is 5.75 Å². The SMILES string of the molecule is CCOP(=O)(OCC)[C@H](N)c1cc(Br)ccc1O. The van der Waals surface area contributed by atoms with E-state index in [2.05, 4.69) is 15.9 Å². The Kier molecular flexibility index (Phi) is 5.82. The average Bonchev–Trinajstić information content (AvgIpc) is 2.32. The molecule has 0 aliphatic carbocycles. The van der Waals surface area contributed by atoms with Gasteiger partial charge in [0.25, 0.3) is 0 Å². The minimum absolute atomic E-state index is 0.0367. The topological polar surface area (TPSA) is 81.8 Å². The van der Waals surface area contributed by atoms with Crippen LogP contribution in [0.2, 0.25) is 0 Å². The highest BCUT2D eigenvalue weighted by Crippen LogP contribution is 2.59. The summed E-state index contributed by atoms with van der Waals surface area (Å²) < 4.78 is 23.5. The first-order valence-corrected chi connectivity index (χ1v) is 7.97. The third-order valence-electron chi connectivity index (χ3n) is 2.27. The Hall–Kier alpha value is -0.390. The molecular weight excluding hydrogens is 321 g/mol. The lowest BCUT2D eigenvalue weighted by Crippen LogP contribution is -2.15. The van der Waals surface area contributed by atoms with E-state index in [1.54, 1.807) is 26.0 Å². The highest BCUT2D eigenvalue weighted by Gasteiger charge is 2.35. The summed E-state index contributed by atoms with van der Waals surface area (Å²) in [6, 6.07) is 4.74. The van der Waals surface area contributed by atoms with Crippen LogP contribution in [-0.4, -0.2) is 18.3 Å². The molecule has 0 spiro atoms. The van der Waals surface area contributed by atoms with Crippen LogP contribution in [0.3, 0.4) is 0 Å². The molecule has 0 aromatic heterocycles. The minimum Gasteiger partial charge on any atom is -0.508 e. The van der Waals surface area contributed by atoms with E-state index in [9.17, 15) is 9.67 Å². The zero-order valence-corrected chi connectivity index (χ0v) is 12.8. The Morgan fingerprint density at radius 2 is 1.94 bits per heavy atom. The van der Waals surface area contributed by atoms with Crippen molar-refractivity contribution in [2.24, 2.45) is 5.73 Å². The van der Waals surface area contributed by atoms with Crippen LogP contribution in [0.25, 0.3) is 0 Å². The second-order valence-corrected chi connectivity index (χ2v) is 6.59. The number of benzene rings is 1. The Balaban J connectivity index is 3.13. The predicted octanol–water partition coefficient (Wildman–Crippen LogP) is 3.38. The molecule has 102 valence electrons. The smallest absolute Gasteiger partial charge is 0.351 e. The molecule has 0 fully saturated rings. The van der Waals surface area contributed by atoms with Gasteiger partial charge < -0.3 is 19.9 Å². The first-order valence-electron chi connectivity index (χ1n) is 5.57. The summed E-state index contributed by atoms with van der Waals surface area (Å²) in [5.41, 5.74) is 6.25. The normalized spacial score (nSPS) is 13.6. The van der Waals surface area contributed by atoms with Crippen molar-refractivity contribution in [1.82, 2.24) is 0 Å². The van der Waals surface area contributed by atoms with Crippen molar-refractivity contribution in [1.29, 1.82) is 0 Å². The zero-order chi connectivity index (χ0) is 13.8. The van der Waals surface area contributed by atoms with Crippen molar-refractivity contribution in [3.63, 3.8) is 0 Å². The maximum absolute atomic E-state index is 12.5. The Labute approximate surface area is 115 Å². The maximum Gasteiger partial charge on any atom is 0.351 e.